The van der Waals surface area contributed by atoms with Crippen molar-refractivity contribution in [3.05, 3.63) is 6.07 Å². The van der Waals surface area contributed by atoms with Gasteiger partial charge in [-0.25, -0.2) is 0 Å². The van der Waals surface area contributed by atoms with Crippen LogP contribution in [0.1, 0.15) is 38.5 Å². The van der Waals surface area contributed by atoms with Crippen molar-refractivity contribution in [2.75, 3.05) is 18.1 Å². The first kappa shape index (κ1) is 12.0. The standard InChI is InChI=1S/C12H20N4O/c1-14-10-8-11(16-12(13)15-10)17-9-6-4-2-3-5-7-9/h8-9H,2-7H2,1H3,(H3,13,14,15,16). The van der Waals surface area contributed by atoms with Crippen LogP contribution in [0.4, 0.5) is 11.8 Å². The van der Waals surface area contributed by atoms with Crippen LogP contribution in [0.2, 0.25) is 0 Å². The number of nitrogens with one attached hydrogen (secondary N) is 1. The lowest BCUT2D eigenvalue weighted by Crippen LogP contribution is -2.16. The molecule has 0 aromatic carbocycles. The molecule has 5 nitrogen and oxygen atoms in total. The fraction of sp³-hybridized carbons (Fsp3) is 0.667. The zero-order valence-corrected chi connectivity index (χ0v) is 10.3. The third-order valence-corrected chi connectivity index (χ3v) is 3.07. The van der Waals surface area contributed by atoms with E-state index in [4.69, 9.17) is 10.5 Å². The molecule has 0 unspecified atom stereocenters. The van der Waals surface area contributed by atoms with Gasteiger partial charge in [-0.2, -0.15) is 9.97 Å². The van der Waals surface area contributed by atoms with Gasteiger partial charge in [-0.3, -0.25) is 0 Å². The van der Waals surface area contributed by atoms with Crippen molar-refractivity contribution in [1.82, 2.24) is 9.97 Å². The number of nitrogens with zero attached hydrogens (tertiary/aromatic N) is 2. The second-order valence-corrected chi connectivity index (χ2v) is 4.43. The molecule has 94 valence electrons. The van der Waals surface area contributed by atoms with Crippen molar-refractivity contribution >= 4 is 11.8 Å². The summed E-state index contributed by atoms with van der Waals surface area (Å²) < 4.78 is 5.89. The highest BCUT2D eigenvalue weighted by Gasteiger charge is 2.15. The minimum absolute atomic E-state index is 0.250. The SMILES string of the molecule is CNc1cc(OC2CCCCCC2)nc(N)n1. The molecule has 1 saturated carbocycles. The van der Waals surface area contributed by atoms with Gasteiger partial charge in [-0.05, 0) is 25.7 Å². The summed E-state index contributed by atoms with van der Waals surface area (Å²) in [5, 5.41) is 2.95. The molecule has 1 heterocycles. The molecule has 3 N–H and O–H groups in total. The Kier molecular flexibility index (Phi) is 4.01. The van der Waals surface area contributed by atoms with Crippen LogP contribution in [0.5, 0.6) is 5.88 Å². The van der Waals surface area contributed by atoms with Crippen LogP contribution < -0.4 is 15.8 Å². The molecule has 0 bridgehead atoms. The molecule has 2 rings (SSSR count). The maximum absolute atomic E-state index is 5.89. The van der Waals surface area contributed by atoms with Gasteiger partial charge < -0.3 is 15.8 Å². The fourth-order valence-electron chi connectivity index (χ4n) is 2.16. The van der Waals surface area contributed by atoms with Crippen LogP contribution in [0.15, 0.2) is 6.07 Å². The Balaban J connectivity index is 2.03. The van der Waals surface area contributed by atoms with E-state index < -0.39 is 0 Å². The molecule has 1 fully saturated rings. The van der Waals surface area contributed by atoms with Gasteiger partial charge in [-0.1, -0.05) is 12.8 Å². The Morgan fingerprint density at radius 3 is 2.59 bits per heavy atom. The van der Waals surface area contributed by atoms with Crippen LogP contribution in [-0.2, 0) is 0 Å². The summed E-state index contributed by atoms with van der Waals surface area (Å²) in [5.74, 6) is 1.52. The molecular formula is C12H20N4O. The number of hydrogen-bond donors (Lipinski definition) is 2. The first-order valence-corrected chi connectivity index (χ1v) is 6.27. The summed E-state index contributed by atoms with van der Waals surface area (Å²) in [6, 6.07) is 1.79. The first-order valence-electron chi connectivity index (χ1n) is 6.27. The average molecular weight is 236 g/mol. The number of rotatable bonds is 3. The molecule has 0 spiro atoms. The predicted molar refractivity (Wildman–Crippen MR) is 68.1 cm³/mol. The molecule has 0 radical (unpaired) electrons. The quantitative estimate of drug-likeness (QED) is 0.787. The molecule has 0 amide bonds. The monoisotopic (exact) mass is 236 g/mol. The molecule has 1 aromatic rings. The van der Waals surface area contributed by atoms with Crippen molar-refractivity contribution in [2.45, 2.75) is 44.6 Å². The topological polar surface area (TPSA) is 73.1 Å². The van der Waals surface area contributed by atoms with Gasteiger partial charge >= 0.3 is 0 Å². The van der Waals surface area contributed by atoms with E-state index in [2.05, 4.69) is 15.3 Å². The molecule has 0 atom stereocenters. The second kappa shape index (κ2) is 5.70. The van der Waals surface area contributed by atoms with E-state index in [0.717, 1.165) is 12.8 Å². The van der Waals surface area contributed by atoms with Gasteiger partial charge in [0.2, 0.25) is 11.8 Å². The van der Waals surface area contributed by atoms with E-state index in [1.165, 1.54) is 25.7 Å². The highest BCUT2D eigenvalue weighted by Crippen LogP contribution is 2.23. The van der Waals surface area contributed by atoms with Gasteiger partial charge in [0.05, 0.1) is 0 Å². The zero-order valence-electron chi connectivity index (χ0n) is 10.3. The lowest BCUT2D eigenvalue weighted by molar-refractivity contribution is 0.176. The largest absolute Gasteiger partial charge is 0.474 e. The minimum atomic E-state index is 0.250. The summed E-state index contributed by atoms with van der Waals surface area (Å²) in [4.78, 5) is 8.15. The van der Waals surface area contributed by atoms with Crippen LogP contribution in [0, 0.1) is 0 Å². The molecule has 0 aliphatic heterocycles. The highest BCUT2D eigenvalue weighted by atomic mass is 16.5. The van der Waals surface area contributed by atoms with Crippen molar-refractivity contribution < 1.29 is 4.74 Å². The fourth-order valence-corrected chi connectivity index (χ4v) is 2.16. The highest BCUT2D eigenvalue weighted by molar-refractivity contribution is 5.42. The van der Waals surface area contributed by atoms with Crippen molar-refractivity contribution in [3.8, 4) is 5.88 Å². The number of nitrogen functional groups attached to an aromatic ring is 1. The van der Waals surface area contributed by atoms with Crippen molar-refractivity contribution in [1.29, 1.82) is 0 Å². The van der Waals surface area contributed by atoms with Crippen molar-refractivity contribution in [3.63, 3.8) is 0 Å². The lowest BCUT2D eigenvalue weighted by atomic mass is 10.1. The van der Waals surface area contributed by atoms with E-state index in [-0.39, 0.29) is 12.1 Å². The van der Waals surface area contributed by atoms with Gasteiger partial charge in [0.15, 0.2) is 0 Å². The van der Waals surface area contributed by atoms with Gasteiger partial charge in [0.25, 0.3) is 0 Å². The van der Waals surface area contributed by atoms with Crippen molar-refractivity contribution in [2.24, 2.45) is 0 Å². The Labute approximate surface area is 102 Å². The Bertz CT molecular complexity index is 362. The summed E-state index contributed by atoms with van der Waals surface area (Å²) in [6.45, 7) is 0. The second-order valence-electron chi connectivity index (χ2n) is 4.43. The first-order chi connectivity index (χ1) is 8.28. The number of ether oxygens (including phenoxy) is 1. The van der Waals surface area contributed by atoms with Gasteiger partial charge in [0.1, 0.15) is 11.9 Å². The summed E-state index contributed by atoms with van der Waals surface area (Å²) in [5.41, 5.74) is 5.63. The molecule has 5 heteroatoms. The van der Waals surface area contributed by atoms with Crippen LogP contribution >= 0.6 is 0 Å². The van der Waals surface area contributed by atoms with E-state index in [1.807, 2.05) is 0 Å². The van der Waals surface area contributed by atoms with Gasteiger partial charge in [0, 0.05) is 13.1 Å². The van der Waals surface area contributed by atoms with Crippen LogP contribution in [0.3, 0.4) is 0 Å². The number of hydrogen-bond acceptors (Lipinski definition) is 5. The molecule has 0 saturated heterocycles. The van der Waals surface area contributed by atoms with E-state index in [1.54, 1.807) is 13.1 Å². The smallest absolute Gasteiger partial charge is 0.225 e. The Morgan fingerprint density at radius 1 is 1.24 bits per heavy atom. The molecule has 1 aliphatic rings. The Hall–Kier alpha value is -1.52. The number of anilines is 2. The van der Waals surface area contributed by atoms with E-state index in [9.17, 15) is 0 Å². The molecular weight excluding hydrogens is 216 g/mol. The number of nitrogens with two attached hydrogens (primary N) is 1. The normalized spacial score (nSPS) is 17.5. The van der Waals surface area contributed by atoms with E-state index in [0.29, 0.717) is 11.7 Å². The average Bonchev–Trinajstić information content (AvgIpc) is 2.57. The minimum Gasteiger partial charge on any atom is -0.474 e. The summed E-state index contributed by atoms with van der Waals surface area (Å²) in [7, 11) is 1.80. The zero-order chi connectivity index (χ0) is 12.1. The van der Waals surface area contributed by atoms with Crippen LogP contribution in [0.25, 0.3) is 0 Å². The molecule has 1 aliphatic carbocycles. The third kappa shape index (κ3) is 3.47. The number of aromatic nitrogens is 2. The lowest BCUT2D eigenvalue weighted by Gasteiger charge is -2.16. The van der Waals surface area contributed by atoms with Crippen LogP contribution in [-0.4, -0.2) is 23.1 Å². The third-order valence-electron chi connectivity index (χ3n) is 3.07. The summed E-state index contributed by atoms with van der Waals surface area (Å²) in [6.07, 6.45) is 7.60. The maximum Gasteiger partial charge on any atom is 0.225 e. The maximum atomic E-state index is 5.89. The molecule has 17 heavy (non-hydrogen) atoms. The van der Waals surface area contributed by atoms with E-state index >= 15 is 0 Å². The summed E-state index contributed by atoms with van der Waals surface area (Å²) >= 11 is 0. The molecule has 1 aromatic heterocycles. The van der Waals surface area contributed by atoms with Gasteiger partial charge in [-0.15, -0.1) is 0 Å². The Morgan fingerprint density at radius 2 is 1.94 bits per heavy atom. The predicted octanol–water partition coefficient (Wildman–Crippen LogP) is 2.20.